The zero-order valence-electron chi connectivity index (χ0n) is 9.80. The van der Waals surface area contributed by atoms with Crippen LogP contribution in [-0.4, -0.2) is 10.9 Å². The smallest absolute Gasteiger partial charge is 0.251 e. The molecule has 0 atom stereocenters. The Morgan fingerprint density at radius 2 is 2.39 bits per heavy atom. The standard InChI is InChI=1S/C13H11N3OS/c1-9-8-18-12(16-9)7-15-13(17)11-4-2-3-10(5-11)6-14/h2-5,8H,7H2,1H3,(H,15,17). The Morgan fingerprint density at radius 3 is 3.06 bits per heavy atom. The number of nitrogens with zero attached hydrogens (tertiary/aromatic N) is 2. The van der Waals surface area contributed by atoms with Gasteiger partial charge in [0.15, 0.2) is 0 Å². The highest BCUT2D eigenvalue weighted by Gasteiger charge is 2.07. The highest BCUT2D eigenvalue weighted by Crippen LogP contribution is 2.09. The minimum Gasteiger partial charge on any atom is -0.346 e. The van der Waals surface area contributed by atoms with Gasteiger partial charge in [0.2, 0.25) is 0 Å². The maximum Gasteiger partial charge on any atom is 0.251 e. The molecule has 0 radical (unpaired) electrons. The number of nitriles is 1. The summed E-state index contributed by atoms with van der Waals surface area (Å²) in [6, 6.07) is 8.63. The summed E-state index contributed by atoms with van der Waals surface area (Å²) in [5, 5.41) is 14.4. The molecule has 0 aliphatic rings. The Bertz CT molecular complexity index is 613. The molecule has 0 unspecified atom stereocenters. The Morgan fingerprint density at radius 1 is 1.56 bits per heavy atom. The van der Waals surface area contributed by atoms with Crippen LogP contribution in [0.1, 0.15) is 26.6 Å². The summed E-state index contributed by atoms with van der Waals surface area (Å²) in [5.41, 5.74) is 1.92. The van der Waals surface area contributed by atoms with E-state index in [0.29, 0.717) is 17.7 Å². The minimum absolute atomic E-state index is 0.194. The number of rotatable bonds is 3. The first-order chi connectivity index (χ1) is 8.69. The molecule has 1 aromatic carbocycles. The molecule has 2 aromatic rings. The van der Waals surface area contributed by atoms with Gasteiger partial charge < -0.3 is 5.32 Å². The van der Waals surface area contributed by atoms with E-state index in [1.54, 1.807) is 24.3 Å². The molecule has 0 saturated carbocycles. The molecule has 90 valence electrons. The molecule has 0 aliphatic heterocycles. The summed E-state index contributed by atoms with van der Waals surface area (Å²) < 4.78 is 0. The van der Waals surface area contributed by atoms with Crippen LogP contribution in [0.15, 0.2) is 29.6 Å². The number of amides is 1. The lowest BCUT2D eigenvalue weighted by Crippen LogP contribution is -2.22. The van der Waals surface area contributed by atoms with Crippen LogP contribution in [0.3, 0.4) is 0 Å². The third-order valence-electron chi connectivity index (χ3n) is 2.32. The van der Waals surface area contributed by atoms with Gasteiger partial charge in [-0.2, -0.15) is 5.26 Å². The van der Waals surface area contributed by atoms with Gasteiger partial charge in [0, 0.05) is 16.6 Å². The van der Waals surface area contributed by atoms with Gasteiger partial charge >= 0.3 is 0 Å². The molecule has 0 bridgehead atoms. The van der Waals surface area contributed by atoms with Crippen LogP contribution in [0.4, 0.5) is 0 Å². The number of nitrogens with one attached hydrogen (secondary N) is 1. The molecule has 0 spiro atoms. The molecule has 0 saturated heterocycles. The van der Waals surface area contributed by atoms with E-state index < -0.39 is 0 Å². The first-order valence-corrected chi connectivity index (χ1v) is 6.26. The molecule has 5 heteroatoms. The van der Waals surface area contributed by atoms with E-state index in [0.717, 1.165) is 10.7 Å². The maximum atomic E-state index is 11.8. The van der Waals surface area contributed by atoms with E-state index in [1.807, 2.05) is 18.4 Å². The van der Waals surface area contributed by atoms with Crippen molar-refractivity contribution >= 4 is 17.2 Å². The molecule has 1 amide bonds. The number of benzene rings is 1. The Balaban J connectivity index is 2.01. The van der Waals surface area contributed by atoms with Crippen molar-refractivity contribution < 1.29 is 4.79 Å². The SMILES string of the molecule is Cc1csc(CNC(=O)c2cccc(C#N)c2)n1. The van der Waals surface area contributed by atoms with Crippen LogP contribution in [0, 0.1) is 18.3 Å². The van der Waals surface area contributed by atoms with E-state index in [1.165, 1.54) is 11.3 Å². The number of carbonyl (C=O) groups excluding carboxylic acids is 1. The largest absolute Gasteiger partial charge is 0.346 e. The average Bonchev–Trinajstić information content (AvgIpc) is 2.82. The third-order valence-corrected chi connectivity index (χ3v) is 3.29. The summed E-state index contributed by atoms with van der Waals surface area (Å²) in [4.78, 5) is 16.1. The average molecular weight is 257 g/mol. The van der Waals surface area contributed by atoms with Crippen molar-refractivity contribution in [3.8, 4) is 6.07 Å². The van der Waals surface area contributed by atoms with Crippen LogP contribution < -0.4 is 5.32 Å². The highest BCUT2D eigenvalue weighted by molar-refractivity contribution is 7.09. The van der Waals surface area contributed by atoms with Crippen molar-refractivity contribution in [2.24, 2.45) is 0 Å². The van der Waals surface area contributed by atoms with Crippen molar-refractivity contribution in [1.29, 1.82) is 5.26 Å². The fourth-order valence-corrected chi connectivity index (χ4v) is 2.18. The van der Waals surface area contributed by atoms with Gasteiger partial charge in [-0.1, -0.05) is 6.07 Å². The van der Waals surface area contributed by atoms with Crippen LogP contribution >= 0.6 is 11.3 Å². The first-order valence-electron chi connectivity index (χ1n) is 5.38. The first kappa shape index (κ1) is 12.3. The van der Waals surface area contributed by atoms with Crippen molar-refractivity contribution in [3.05, 3.63) is 51.5 Å². The zero-order valence-corrected chi connectivity index (χ0v) is 10.6. The van der Waals surface area contributed by atoms with Crippen LogP contribution in [-0.2, 0) is 6.54 Å². The number of carbonyl (C=O) groups is 1. The topological polar surface area (TPSA) is 65.8 Å². The lowest BCUT2D eigenvalue weighted by molar-refractivity contribution is 0.0951. The summed E-state index contributed by atoms with van der Waals surface area (Å²) in [6.07, 6.45) is 0. The maximum absolute atomic E-state index is 11.8. The fraction of sp³-hybridized carbons (Fsp3) is 0.154. The monoisotopic (exact) mass is 257 g/mol. The number of hydrogen-bond acceptors (Lipinski definition) is 4. The van der Waals surface area contributed by atoms with E-state index in [2.05, 4.69) is 10.3 Å². The molecule has 0 fully saturated rings. The Kier molecular flexibility index (Phi) is 3.70. The van der Waals surface area contributed by atoms with Gasteiger partial charge in [0.05, 0.1) is 18.2 Å². The van der Waals surface area contributed by atoms with Crippen LogP contribution in [0.5, 0.6) is 0 Å². The van der Waals surface area contributed by atoms with Gasteiger partial charge in [0.25, 0.3) is 5.91 Å². The summed E-state index contributed by atoms with van der Waals surface area (Å²) in [6.45, 7) is 2.33. The molecule has 1 heterocycles. The minimum atomic E-state index is -0.194. The van der Waals surface area contributed by atoms with Crippen LogP contribution in [0.25, 0.3) is 0 Å². The molecule has 1 N–H and O–H groups in total. The second-order valence-corrected chi connectivity index (χ2v) is 4.70. The number of hydrogen-bond donors (Lipinski definition) is 1. The predicted molar refractivity (Wildman–Crippen MR) is 69.2 cm³/mol. The highest BCUT2D eigenvalue weighted by atomic mass is 32.1. The molecule has 1 aromatic heterocycles. The lowest BCUT2D eigenvalue weighted by atomic mass is 10.1. The summed E-state index contributed by atoms with van der Waals surface area (Å²) >= 11 is 1.52. The van der Waals surface area contributed by atoms with Crippen molar-refractivity contribution in [3.63, 3.8) is 0 Å². The van der Waals surface area contributed by atoms with E-state index in [-0.39, 0.29) is 5.91 Å². The second-order valence-electron chi connectivity index (χ2n) is 3.76. The van der Waals surface area contributed by atoms with Gasteiger partial charge in [-0.3, -0.25) is 4.79 Å². The van der Waals surface area contributed by atoms with Crippen molar-refractivity contribution in [1.82, 2.24) is 10.3 Å². The summed E-state index contributed by atoms with van der Waals surface area (Å²) in [5.74, 6) is -0.194. The molecule has 0 aliphatic carbocycles. The normalized spacial score (nSPS) is 9.78. The number of thiazole rings is 1. The van der Waals surface area contributed by atoms with E-state index in [9.17, 15) is 4.79 Å². The zero-order chi connectivity index (χ0) is 13.0. The summed E-state index contributed by atoms with van der Waals surface area (Å²) in [7, 11) is 0. The van der Waals surface area contributed by atoms with Crippen molar-refractivity contribution in [2.45, 2.75) is 13.5 Å². The second kappa shape index (κ2) is 5.43. The van der Waals surface area contributed by atoms with Gasteiger partial charge in [-0.05, 0) is 25.1 Å². The van der Waals surface area contributed by atoms with E-state index >= 15 is 0 Å². The third kappa shape index (κ3) is 2.93. The Labute approximate surface area is 109 Å². The molecular weight excluding hydrogens is 246 g/mol. The molecule has 18 heavy (non-hydrogen) atoms. The quantitative estimate of drug-likeness (QED) is 0.917. The van der Waals surface area contributed by atoms with Gasteiger partial charge in [-0.15, -0.1) is 11.3 Å². The predicted octanol–water partition coefficient (Wildman–Crippen LogP) is 2.25. The molecule has 4 nitrogen and oxygen atoms in total. The van der Waals surface area contributed by atoms with Gasteiger partial charge in [-0.25, -0.2) is 4.98 Å². The van der Waals surface area contributed by atoms with Crippen LogP contribution in [0.2, 0.25) is 0 Å². The lowest BCUT2D eigenvalue weighted by Gasteiger charge is -2.03. The van der Waals surface area contributed by atoms with Crippen molar-refractivity contribution in [2.75, 3.05) is 0 Å². The van der Waals surface area contributed by atoms with Gasteiger partial charge in [0.1, 0.15) is 5.01 Å². The fourth-order valence-electron chi connectivity index (χ4n) is 1.47. The number of aryl methyl sites for hydroxylation is 1. The molecular formula is C13H11N3OS. The number of aromatic nitrogens is 1. The molecule has 2 rings (SSSR count). The van der Waals surface area contributed by atoms with E-state index in [4.69, 9.17) is 5.26 Å². The Hall–Kier alpha value is -2.19.